The van der Waals surface area contributed by atoms with E-state index in [-0.39, 0.29) is 169 Å². The molecule has 2 aromatic rings. The molecule has 1 saturated carbocycles. The molecule has 7 heterocycles. The first-order valence-corrected chi connectivity index (χ1v) is 55.7. The van der Waals surface area contributed by atoms with Crippen molar-refractivity contribution in [1.29, 1.82) is 0 Å². The molecule has 10 rings (SSSR count). The highest BCUT2D eigenvalue weighted by Gasteiger charge is 2.45. The number of carbonyl (C=O) groups is 14. The first-order valence-electron chi connectivity index (χ1n) is 53.8. The van der Waals surface area contributed by atoms with Crippen molar-refractivity contribution >= 4 is 93.3 Å². The highest BCUT2D eigenvalue weighted by atomic mass is 32.2. The SMILES string of the molecule is CC(C)C[C@H](NC(=O)OC1(Cc2ccccc2)CCN(C(=O)OC(C)(C)C)CC1)C(=O)C[C@@H](C[C@@H]1CCNC1=O)C(C)O.CC(C)C[C@H](NC(=O)OC1CCC(c2ccccc2)CC1)C(=O)C[C@@H](C[C@@H]1CCNC1=O)C(C)O.CC(C)C[C@H](NC(=O)OC1CCN(C(=O)OC(C)(C)C)CC1)C(=O)C[C@@H](C[C@@H]1CCNC1=O)C(C)O.CC(C)C[C@H](NC(=O)OC1CCN(S(C)(=O)=O)CC1)C(=O)C[C@@H](C[C@@H]1CCNC1=O)C(C)O. The molecule has 38 heteroatoms. The van der Waals surface area contributed by atoms with Gasteiger partial charge in [-0.1, -0.05) is 116 Å². The fraction of sp³-hybridized carbons (Fsp3) is 0.761. The summed E-state index contributed by atoms with van der Waals surface area (Å²) in [5, 5.41) is 63.4. The number of nitrogens with zero attached hydrogens (tertiary/aromatic N) is 3. The average molecular weight is 2090 g/mol. The molecule has 147 heavy (non-hydrogen) atoms. The first kappa shape index (κ1) is 124. The molecule has 7 aliphatic heterocycles. The Morgan fingerprint density at radius 1 is 0.388 bits per heavy atom. The lowest BCUT2D eigenvalue weighted by molar-refractivity contribution is -0.126. The molecule has 0 radical (unpaired) electrons. The molecule has 0 aromatic heterocycles. The summed E-state index contributed by atoms with van der Waals surface area (Å²) in [5.74, 6) is -1.96. The minimum absolute atomic E-state index is 0.00878. The number of nitrogens with one attached hydrogen (secondary N) is 8. The van der Waals surface area contributed by atoms with Crippen LogP contribution >= 0.6 is 0 Å². The van der Waals surface area contributed by atoms with Crippen molar-refractivity contribution in [2.75, 3.05) is 71.7 Å². The molecule has 16 atom stereocenters. The Hall–Kier alpha value is -9.63. The summed E-state index contributed by atoms with van der Waals surface area (Å²) >= 11 is 0. The first-order chi connectivity index (χ1) is 69.0. The molecule has 10 amide bonds. The molecule has 1 aliphatic carbocycles. The largest absolute Gasteiger partial charge is 0.446 e. The standard InChI is InChI=1S/C33H51N3O7.C28H42N2O5.C26H45N3O7.C22H39N3O7S/c1-22(2)18-27(28(38)20-26(23(3)37)19-25-12-15-34-29(25)39)35-30(40)42-33(21-24-10-8-7-9-11-24)13-16-36(17-14-33)31(41)43-32(4,5)6;1-18(2)15-25(26(32)17-23(19(3)31)16-22-13-14-29-27(22)33)30-28(34)35-24-11-9-21(10-12-24)20-7-5-4-6-8-20;1-16(2)13-21(22(31)15-19(17(3)30)14-18-7-10-27-23(18)32)28-24(33)35-20-8-11-29(12-9-20)25(34)36-26(4,5)6;1-14(2)11-19(20(27)13-17(15(3)26)12-16-5-8-23-21(16)28)24-22(29)32-18-6-9-25(10-7-18)33(4,30)31/h7-11,22-23,25-27,37H,12-21H2,1-6H3,(H,34,39)(H,35,40);4-8,18-19,21-25,31H,9-17H2,1-3H3,(H,29,33)(H,30,34);16-21,30H,7-15H2,1-6H3,(H,27,32)(H,28,33);14-19,26H,5-13H2,1-4H3,(H,23,28)(H,24,29)/t23?,25-,26+,27-;19?,21?,22-,23+,24?,25-;17?,18-,19+,21-;15?,16-,17+,19-/m0000/s1. The average Bonchev–Trinajstić information content (AvgIpc) is 1.07. The van der Waals surface area contributed by atoms with Crippen LogP contribution in [-0.4, -0.2) is 282 Å². The van der Waals surface area contributed by atoms with E-state index in [1.54, 1.807) is 37.5 Å². The van der Waals surface area contributed by atoms with Crippen molar-refractivity contribution in [3.63, 3.8) is 0 Å². The maximum atomic E-state index is 13.5. The van der Waals surface area contributed by atoms with Crippen LogP contribution in [0.15, 0.2) is 60.7 Å². The van der Waals surface area contributed by atoms with Crippen molar-refractivity contribution in [3.8, 4) is 0 Å². The second-order valence-electron chi connectivity index (χ2n) is 45.9. The van der Waals surface area contributed by atoms with E-state index in [1.807, 2.05) is 133 Å². The minimum Gasteiger partial charge on any atom is -0.446 e. The predicted octanol–water partition coefficient (Wildman–Crippen LogP) is 13.0. The summed E-state index contributed by atoms with van der Waals surface area (Å²) in [5.41, 5.74) is 0.291. The number of likely N-dealkylation sites (tertiary alicyclic amines) is 2. The van der Waals surface area contributed by atoms with Gasteiger partial charge in [-0.25, -0.2) is 41.5 Å². The quantitative estimate of drug-likeness (QED) is 0.0274. The van der Waals surface area contributed by atoms with Gasteiger partial charge in [-0.15, -0.1) is 0 Å². The van der Waals surface area contributed by atoms with Gasteiger partial charge in [0.25, 0.3) is 0 Å². The number of aliphatic hydroxyl groups excluding tert-OH is 4. The molecule has 7 saturated heterocycles. The molecule has 12 N–H and O–H groups in total. The van der Waals surface area contributed by atoms with E-state index in [1.165, 1.54) is 9.87 Å². The summed E-state index contributed by atoms with van der Waals surface area (Å²) in [6, 6.07) is 17.2. The summed E-state index contributed by atoms with van der Waals surface area (Å²) in [4.78, 5) is 180. The molecule has 0 bridgehead atoms. The van der Waals surface area contributed by atoms with Gasteiger partial charge in [0.2, 0.25) is 33.7 Å². The molecule has 0 spiro atoms. The van der Waals surface area contributed by atoms with Gasteiger partial charge in [-0.2, -0.15) is 0 Å². The number of rotatable bonds is 44. The van der Waals surface area contributed by atoms with Gasteiger partial charge >= 0.3 is 36.6 Å². The van der Waals surface area contributed by atoms with Crippen molar-refractivity contribution in [2.45, 2.75) is 388 Å². The van der Waals surface area contributed by atoms with E-state index in [0.29, 0.717) is 174 Å². The Morgan fingerprint density at radius 2 is 0.667 bits per heavy atom. The number of hydrogen-bond acceptors (Lipinski definition) is 26. The topological polar surface area (TPSA) is 515 Å². The lowest BCUT2D eigenvalue weighted by atomic mass is 9.83. The van der Waals surface area contributed by atoms with Crippen LogP contribution in [0.1, 0.15) is 309 Å². The highest BCUT2D eigenvalue weighted by Crippen LogP contribution is 2.38. The lowest BCUT2D eigenvalue weighted by Crippen LogP contribution is -2.53. The number of aliphatic hydroxyl groups is 4. The number of ketones is 4. The second kappa shape index (κ2) is 59.8. The van der Waals surface area contributed by atoms with Gasteiger partial charge in [0.15, 0.2) is 23.1 Å². The maximum absolute atomic E-state index is 13.5. The van der Waals surface area contributed by atoms with Crippen LogP contribution < -0.4 is 42.5 Å². The number of carbonyl (C=O) groups excluding carboxylic acids is 14. The Morgan fingerprint density at radius 3 is 0.939 bits per heavy atom. The molecular formula is C109H177N11O26S. The van der Waals surface area contributed by atoms with Crippen LogP contribution in [-0.2, 0) is 83.2 Å². The molecule has 37 nitrogen and oxygen atoms in total. The summed E-state index contributed by atoms with van der Waals surface area (Å²) in [6.07, 6.45) is 7.23. The van der Waals surface area contributed by atoms with E-state index in [9.17, 15) is 96.0 Å². The maximum Gasteiger partial charge on any atom is 0.410 e. The number of piperidine rings is 3. The smallest absolute Gasteiger partial charge is 0.410 e. The van der Waals surface area contributed by atoms with Gasteiger partial charge in [-0.3, -0.25) is 38.4 Å². The summed E-state index contributed by atoms with van der Waals surface area (Å²) < 4.78 is 58.5. The number of ether oxygens (including phenoxy) is 6. The van der Waals surface area contributed by atoms with Crippen molar-refractivity contribution in [1.82, 2.24) is 56.6 Å². The third kappa shape index (κ3) is 44.8. The van der Waals surface area contributed by atoms with Gasteiger partial charge in [-0.05, 0) is 249 Å². The Balaban J connectivity index is 0.000000267. The van der Waals surface area contributed by atoms with E-state index < -0.39 is 118 Å². The second-order valence-corrected chi connectivity index (χ2v) is 47.9. The van der Waals surface area contributed by atoms with E-state index >= 15 is 0 Å². The highest BCUT2D eigenvalue weighted by molar-refractivity contribution is 7.88. The molecule has 830 valence electrons. The third-order valence-corrected chi connectivity index (χ3v) is 30.2. The van der Waals surface area contributed by atoms with Crippen LogP contribution in [0.3, 0.4) is 0 Å². The predicted molar refractivity (Wildman–Crippen MR) is 555 cm³/mol. The zero-order chi connectivity index (χ0) is 109. The fourth-order valence-corrected chi connectivity index (χ4v) is 21.3. The lowest BCUT2D eigenvalue weighted by Gasteiger charge is -2.41. The number of benzene rings is 2. The Labute approximate surface area is 871 Å². The molecule has 4 unspecified atom stereocenters. The molecule has 8 aliphatic rings. The van der Waals surface area contributed by atoms with Crippen LogP contribution in [0.2, 0.25) is 0 Å². The Kier molecular flexibility index (Phi) is 50.6. The van der Waals surface area contributed by atoms with Gasteiger partial charge < -0.3 is 101 Å². The van der Waals surface area contributed by atoms with Crippen LogP contribution in [0.5, 0.6) is 0 Å². The number of sulfonamides is 1. The van der Waals surface area contributed by atoms with Crippen molar-refractivity contribution < 1.29 is 124 Å². The van der Waals surface area contributed by atoms with Gasteiger partial charge in [0, 0.05) is 147 Å². The van der Waals surface area contributed by atoms with Crippen molar-refractivity contribution in [2.24, 2.45) is 71.0 Å². The van der Waals surface area contributed by atoms with Crippen molar-refractivity contribution in [3.05, 3.63) is 71.8 Å². The van der Waals surface area contributed by atoms with Crippen LogP contribution in [0.4, 0.5) is 28.8 Å². The molecule has 2 aromatic carbocycles. The third-order valence-electron chi connectivity index (χ3n) is 28.9. The monoisotopic (exact) mass is 2090 g/mol. The summed E-state index contributed by atoms with van der Waals surface area (Å²) in [7, 11) is -3.27. The van der Waals surface area contributed by atoms with Gasteiger partial charge in [0.1, 0.15) is 35.1 Å². The number of amides is 10. The number of alkyl carbamates (subject to hydrolysis) is 4. The fourth-order valence-electron chi connectivity index (χ4n) is 20.4. The number of Topliss-reactive ketones (excluding diaryl/α,β-unsaturated/α-hetero) is 4. The zero-order valence-corrected chi connectivity index (χ0v) is 91.6. The molecular weight excluding hydrogens is 1910 g/mol. The van der Waals surface area contributed by atoms with E-state index in [0.717, 1.165) is 43.9 Å². The van der Waals surface area contributed by atoms with Gasteiger partial charge in [0.05, 0.1) is 54.8 Å². The van der Waals surface area contributed by atoms with E-state index in [4.69, 9.17) is 28.4 Å². The number of hydrogen-bond donors (Lipinski definition) is 12. The van der Waals surface area contributed by atoms with Crippen LogP contribution in [0.25, 0.3) is 0 Å². The van der Waals surface area contributed by atoms with E-state index in [2.05, 4.69) is 66.8 Å². The Bertz CT molecular complexity index is 4630. The normalized spacial score (nSPS) is 22.4. The minimum atomic E-state index is -3.27. The zero-order valence-electron chi connectivity index (χ0n) is 90.8. The summed E-state index contributed by atoms with van der Waals surface area (Å²) in [6.45, 7) is 37.9. The molecule has 8 fully saturated rings. The van der Waals surface area contributed by atoms with Crippen LogP contribution in [0, 0.1) is 71.0 Å².